The lowest BCUT2D eigenvalue weighted by Gasteiger charge is -2.08. The van der Waals surface area contributed by atoms with Gasteiger partial charge < -0.3 is 0 Å². The van der Waals surface area contributed by atoms with E-state index in [-0.39, 0.29) is 0 Å². The van der Waals surface area contributed by atoms with Crippen LogP contribution in [0.25, 0.3) is 0 Å². The zero-order chi connectivity index (χ0) is 107. The summed E-state index contributed by atoms with van der Waals surface area (Å²) in [6.45, 7) is 80.9. The van der Waals surface area contributed by atoms with Crippen LogP contribution in [0.15, 0.2) is 49.6 Å². The van der Waals surface area contributed by atoms with Gasteiger partial charge >= 0.3 is 0 Å². The average molecular weight is 2010 g/mol. The van der Waals surface area contributed by atoms with E-state index in [1.807, 2.05) is 43.5 Å². The van der Waals surface area contributed by atoms with Gasteiger partial charge in [0.1, 0.15) is 0 Å². The molecule has 0 amide bonds. The summed E-state index contributed by atoms with van der Waals surface area (Å²) in [4.78, 5) is 0. The Morgan fingerprint density at radius 2 is 0.361 bits per heavy atom. The molecule has 8 aromatic rings. The third-order valence-corrected chi connectivity index (χ3v) is 26.1. The molecule has 0 aliphatic heterocycles. The Balaban J connectivity index is 0.000000823. The number of rotatable bonds is 72. The van der Waals surface area contributed by atoms with Crippen molar-refractivity contribution in [2.75, 3.05) is 0 Å². The van der Waals surface area contributed by atoms with Gasteiger partial charge in [0, 0.05) is 77.1 Å². The van der Waals surface area contributed by atoms with Crippen molar-refractivity contribution in [1.29, 1.82) is 0 Å². The van der Waals surface area contributed by atoms with Crippen LogP contribution in [0.5, 0.6) is 0 Å². The minimum absolute atomic E-state index is 0.659. The number of unbranched alkanes of at least 4 members (excludes halogenated alkanes) is 12. The van der Waals surface area contributed by atoms with Crippen LogP contribution in [0.1, 0.15) is 524 Å². The molecule has 0 aliphatic rings. The Hall–Kier alpha value is -6.88. The van der Waals surface area contributed by atoms with Gasteiger partial charge in [-0.2, -0.15) is 0 Å². The average Bonchev–Trinajstić information content (AvgIpc) is 2.61. The summed E-state index contributed by atoms with van der Waals surface area (Å²) >= 11 is 0. The highest BCUT2D eigenvalue weighted by Crippen LogP contribution is 2.22. The monoisotopic (exact) mass is 2010 g/mol. The molecule has 0 saturated carbocycles. The molecule has 0 unspecified atom stereocenters. The van der Waals surface area contributed by atoms with Crippen LogP contribution in [0.4, 0.5) is 0 Å². The fourth-order valence-corrected chi connectivity index (χ4v) is 16.9. The Labute approximate surface area is 886 Å². The van der Waals surface area contributed by atoms with E-state index in [2.05, 4.69) is 348 Å². The minimum atomic E-state index is 0.659. The molecular weight excluding hydrogens is 1780 g/mol. The van der Waals surface area contributed by atoms with E-state index >= 15 is 0 Å². The number of aryl methyl sites for hydroxylation is 15. The molecule has 8 aromatic heterocycles. The number of hydrogen-bond acceptors (Lipinski definition) is 16. The van der Waals surface area contributed by atoms with Gasteiger partial charge in [-0.1, -0.05) is 405 Å². The van der Waals surface area contributed by atoms with E-state index in [1.165, 1.54) is 280 Å². The summed E-state index contributed by atoms with van der Waals surface area (Å²) in [6, 6.07) is 0. The first kappa shape index (κ1) is 135. The van der Waals surface area contributed by atoms with Crippen LogP contribution in [0.2, 0.25) is 0 Å². The third kappa shape index (κ3) is 81.1. The topological polar surface area (TPSA) is 246 Å². The summed E-state index contributed by atoms with van der Waals surface area (Å²) in [5, 5.41) is 66.6. The first-order valence-electron chi connectivity index (χ1n) is 59.7. The van der Waals surface area contributed by atoms with Crippen molar-refractivity contribution in [2.45, 2.75) is 582 Å². The Kier molecular flexibility index (Phi) is 81.5. The van der Waals surface area contributed by atoms with Crippen LogP contribution in [0, 0.1) is 94.7 Å². The molecule has 0 atom stereocenters. The summed E-state index contributed by atoms with van der Waals surface area (Å²) in [6.07, 6.45) is 76.2. The van der Waals surface area contributed by atoms with Gasteiger partial charge in [0.2, 0.25) is 0 Å². The Bertz CT molecular complexity index is 3780. The molecule has 0 aliphatic carbocycles. The number of nitrogens with zero attached hydrogens (tertiary/aromatic N) is 24. The zero-order valence-corrected chi connectivity index (χ0v) is 100. The van der Waals surface area contributed by atoms with E-state index in [0.717, 1.165) is 215 Å². The smallest absolute Gasteiger partial charge is 0.0829 e. The minimum Gasteiger partial charge on any atom is -0.252 e. The molecule has 0 saturated heterocycles. The van der Waals surface area contributed by atoms with E-state index in [4.69, 9.17) is 0 Å². The summed E-state index contributed by atoms with van der Waals surface area (Å²) in [7, 11) is 0. The van der Waals surface area contributed by atoms with E-state index < -0.39 is 0 Å². The molecule has 24 nitrogen and oxygen atoms in total. The van der Waals surface area contributed by atoms with Crippen LogP contribution in [0.3, 0.4) is 0 Å². The molecule has 832 valence electrons. The zero-order valence-electron chi connectivity index (χ0n) is 100. The maximum Gasteiger partial charge on any atom is 0.0829 e. The van der Waals surface area contributed by atoms with Gasteiger partial charge in [0.25, 0.3) is 0 Å². The van der Waals surface area contributed by atoms with Gasteiger partial charge in [0.15, 0.2) is 0 Å². The quantitative estimate of drug-likeness (QED) is 0.0322. The second kappa shape index (κ2) is 86.9. The molecule has 0 spiro atoms. The maximum absolute atomic E-state index is 4.22. The normalized spacial score (nSPS) is 11.7. The van der Waals surface area contributed by atoms with Crippen LogP contribution < -0.4 is 0 Å². The Morgan fingerprint density at radius 1 is 0.160 bits per heavy atom. The molecular formula is C120H232N24. The first-order valence-corrected chi connectivity index (χ1v) is 59.7. The van der Waals surface area contributed by atoms with Crippen molar-refractivity contribution in [3.8, 4) is 0 Å². The van der Waals surface area contributed by atoms with E-state index in [1.54, 1.807) is 0 Å². The lowest BCUT2D eigenvalue weighted by Crippen LogP contribution is -2.06. The third-order valence-electron chi connectivity index (χ3n) is 26.1. The number of hydrogen-bond donors (Lipinski definition) is 0. The summed E-state index contributed by atoms with van der Waals surface area (Å²) in [5.41, 5.74) is 9.82. The summed E-state index contributed by atoms with van der Waals surface area (Å²) < 4.78 is 16.4. The molecule has 0 bridgehead atoms. The summed E-state index contributed by atoms with van der Waals surface area (Å²) in [5.74, 6) is 12.7. The largest absolute Gasteiger partial charge is 0.252 e. The lowest BCUT2D eigenvalue weighted by molar-refractivity contribution is 0.468. The standard InChI is InChI=1S/4C16H31N3.4C14H27N3/c2*1-14(2)9-5-6-11-16-13-17-18-19(16)12-8-7-10-15(3)4;2*1-14(2)9-6-5-7-11-16-13-17-18-19(16)12-8-10-15(3)4;1-12(2)7-5-9-14-11-17(16-15-14)10-6-8-13(3)4;1-12(2)7-5-6-10-17-11-14(15-16-17)9-8-13(3)4;1-12(2)7-5-6-8-14-11-17(16-15-14)10-9-13(3)4;1-12(2)8-6-5-7-9-17-11-14(15-16-17)10-13(3)4/h4*13-15H,5-12H2,1-4H3;4*11-13H,5-10H2,1-4H3. The lowest BCUT2D eigenvalue weighted by atomic mass is 10.0. The highest BCUT2D eigenvalue weighted by molar-refractivity contribution is 4.99. The molecule has 0 N–H and O–H groups in total. The van der Waals surface area contributed by atoms with Crippen molar-refractivity contribution in [2.24, 2.45) is 94.7 Å². The second-order valence-corrected chi connectivity index (χ2v) is 49.1. The van der Waals surface area contributed by atoms with Crippen molar-refractivity contribution in [1.82, 2.24) is 120 Å². The molecule has 8 heterocycles. The molecule has 24 heteroatoms. The first-order chi connectivity index (χ1) is 68.7. The Morgan fingerprint density at radius 3 is 0.667 bits per heavy atom. The van der Waals surface area contributed by atoms with Gasteiger partial charge in [-0.25, -0.2) is 18.7 Å². The van der Waals surface area contributed by atoms with Crippen LogP contribution in [-0.2, 0) is 104 Å². The molecule has 0 aromatic carbocycles. The van der Waals surface area contributed by atoms with E-state index in [0.29, 0.717) is 5.92 Å². The van der Waals surface area contributed by atoms with Crippen molar-refractivity contribution >= 4 is 0 Å². The van der Waals surface area contributed by atoms with Gasteiger partial charge in [-0.05, 0) is 262 Å². The van der Waals surface area contributed by atoms with Gasteiger partial charge in [-0.15, -0.1) is 40.8 Å². The van der Waals surface area contributed by atoms with Gasteiger partial charge in [0.05, 0.1) is 70.3 Å². The van der Waals surface area contributed by atoms with Crippen LogP contribution in [-0.4, -0.2) is 120 Å². The van der Waals surface area contributed by atoms with Crippen molar-refractivity contribution in [3.05, 3.63) is 95.1 Å². The fourth-order valence-electron chi connectivity index (χ4n) is 16.9. The predicted molar refractivity (Wildman–Crippen MR) is 612 cm³/mol. The molecule has 0 fully saturated rings. The molecule has 0 radical (unpaired) electrons. The second-order valence-electron chi connectivity index (χ2n) is 49.1. The SMILES string of the molecule is CC(C)CCCCCc1cnnn1CCCC(C)C.CC(C)CCCCCc1cnnn1CCCC(C)C.CC(C)CCCCCn1cc(CC(C)C)nn1.CC(C)CCCCc1cn(CCC(C)C)nn1.CC(C)CCCCc1cnnn1CCCCC(C)C.CC(C)CCCCc1cnnn1CCCCC(C)C.CC(C)CCCCn1cc(CCC(C)C)nn1.CC(C)CCCc1cn(CCCC(C)C)nn1. The fraction of sp³-hybridized carbons (Fsp3) is 0.867. The van der Waals surface area contributed by atoms with Gasteiger partial charge in [-0.3, -0.25) is 18.7 Å². The van der Waals surface area contributed by atoms with Crippen molar-refractivity contribution in [3.63, 3.8) is 0 Å². The highest BCUT2D eigenvalue weighted by Gasteiger charge is 2.14. The van der Waals surface area contributed by atoms with E-state index in [9.17, 15) is 0 Å². The number of aromatic nitrogens is 24. The van der Waals surface area contributed by atoms with Crippen molar-refractivity contribution < 1.29 is 0 Å². The van der Waals surface area contributed by atoms with Crippen LogP contribution >= 0.6 is 0 Å². The molecule has 8 rings (SSSR count). The molecule has 144 heavy (non-hydrogen) atoms. The predicted octanol–water partition coefficient (Wildman–Crippen LogP) is 32.7. The highest BCUT2D eigenvalue weighted by atomic mass is 15.5. The maximum atomic E-state index is 4.22.